The molecule has 4 nitrogen and oxygen atoms in total. The minimum absolute atomic E-state index is 0.221. The predicted molar refractivity (Wildman–Crippen MR) is 133 cm³/mol. The van der Waals surface area contributed by atoms with E-state index in [0.717, 1.165) is 11.1 Å². The van der Waals surface area contributed by atoms with Crippen LogP contribution in [0.5, 0.6) is 11.5 Å². The molecular weight excluding hydrogens is 443 g/mol. The molecular formula is C27H34ClFO4. The maximum Gasteiger partial charge on any atom is 0.330 e. The highest BCUT2D eigenvalue weighted by molar-refractivity contribution is 6.34. The Bertz CT molecular complexity index is 1030. The van der Waals surface area contributed by atoms with Crippen LogP contribution in [0.15, 0.2) is 41.8 Å². The number of ether oxygens (including phenoxy) is 3. The van der Waals surface area contributed by atoms with E-state index in [-0.39, 0.29) is 12.5 Å². The summed E-state index contributed by atoms with van der Waals surface area (Å²) in [5, 5.41) is 0.332. The lowest BCUT2D eigenvalue weighted by Gasteiger charge is -2.34. The van der Waals surface area contributed by atoms with E-state index >= 15 is 4.39 Å². The van der Waals surface area contributed by atoms with E-state index < -0.39 is 17.4 Å². The number of esters is 1. The molecule has 0 amide bonds. The van der Waals surface area contributed by atoms with Gasteiger partial charge in [-0.2, -0.15) is 0 Å². The first-order valence-electron chi connectivity index (χ1n) is 11.2. The number of allylic oxidation sites excluding steroid dienone is 6. The van der Waals surface area contributed by atoms with Gasteiger partial charge < -0.3 is 14.2 Å². The van der Waals surface area contributed by atoms with Crippen LogP contribution in [-0.2, 0) is 9.53 Å². The number of hydrogen-bond donors (Lipinski definition) is 0. The molecule has 1 aliphatic heterocycles. The van der Waals surface area contributed by atoms with E-state index in [1.54, 1.807) is 20.8 Å². The van der Waals surface area contributed by atoms with Crippen molar-refractivity contribution in [3.8, 4) is 11.5 Å². The minimum Gasteiger partial charge on any atom is -0.492 e. The van der Waals surface area contributed by atoms with E-state index in [1.165, 1.54) is 18.2 Å². The monoisotopic (exact) mass is 476 g/mol. The molecule has 180 valence electrons. The predicted octanol–water partition coefficient (Wildman–Crippen LogP) is 7.72. The van der Waals surface area contributed by atoms with Gasteiger partial charge in [0.25, 0.3) is 0 Å². The van der Waals surface area contributed by atoms with E-state index in [0.29, 0.717) is 39.8 Å². The molecule has 0 aliphatic carbocycles. The molecule has 1 aromatic rings. The second kappa shape index (κ2) is 11.1. The first-order valence-corrected chi connectivity index (χ1v) is 11.6. The van der Waals surface area contributed by atoms with Gasteiger partial charge in [0.05, 0.1) is 13.2 Å². The molecule has 1 aromatic carbocycles. The average Bonchev–Trinajstić information content (AvgIpc) is 2.73. The standard InChI is InChI=1S/C27H34ClFO4/c1-9-31-23(30)13-17(5)11-12-22(29)18(6)19-14-20-21(16(3)4)15-27(7,8)33-26(20)24(28)25(19)32-10-2/h11-16H,9-10H2,1-8H3/b12-11+,17-13+,22-18+. The number of benzene rings is 1. The number of fused-ring (bicyclic) bond motifs is 1. The number of hydrogen-bond acceptors (Lipinski definition) is 4. The van der Waals surface area contributed by atoms with Gasteiger partial charge >= 0.3 is 5.97 Å². The largest absolute Gasteiger partial charge is 0.492 e. The molecule has 0 saturated heterocycles. The molecule has 0 atom stereocenters. The lowest BCUT2D eigenvalue weighted by molar-refractivity contribution is -0.137. The lowest BCUT2D eigenvalue weighted by atomic mass is 9.86. The van der Waals surface area contributed by atoms with Crippen molar-refractivity contribution in [2.45, 2.75) is 61.0 Å². The van der Waals surface area contributed by atoms with Crippen molar-refractivity contribution in [1.82, 2.24) is 0 Å². The van der Waals surface area contributed by atoms with Crippen LogP contribution in [0.25, 0.3) is 11.1 Å². The number of halogens is 2. The maximum atomic E-state index is 15.2. The molecule has 0 fully saturated rings. The summed E-state index contributed by atoms with van der Waals surface area (Å²) in [4.78, 5) is 11.6. The highest BCUT2D eigenvalue weighted by Crippen LogP contribution is 2.50. The second-order valence-electron chi connectivity index (χ2n) is 8.78. The fourth-order valence-electron chi connectivity index (χ4n) is 3.59. The zero-order valence-corrected chi connectivity index (χ0v) is 21.5. The highest BCUT2D eigenvalue weighted by Gasteiger charge is 2.32. The molecule has 0 unspecified atom stereocenters. The van der Waals surface area contributed by atoms with Crippen LogP contribution in [0, 0.1) is 5.92 Å². The molecule has 1 aliphatic rings. The van der Waals surface area contributed by atoms with E-state index in [2.05, 4.69) is 19.9 Å². The van der Waals surface area contributed by atoms with Gasteiger partial charge in [-0.05, 0) is 82.4 Å². The van der Waals surface area contributed by atoms with Crippen LogP contribution < -0.4 is 9.47 Å². The summed E-state index contributed by atoms with van der Waals surface area (Å²) in [5.74, 6) is 0.238. The summed E-state index contributed by atoms with van der Waals surface area (Å²) in [6.07, 6.45) is 6.26. The molecule has 0 spiro atoms. The van der Waals surface area contributed by atoms with Crippen molar-refractivity contribution in [3.63, 3.8) is 0 Å². The Kier molecular flexibility index (Phi) is 8.96. The number of carbonyl (C=O) groups is 1. The Morgan fingerprint density at radius 2 is 1.88 bits per heavy atom. The van der Waals surface area contributed by atoms with Crippen molar-refractivity contribution in [2.24, 2.45) is 5.92 Å². The van der Waals surface area contributed by atoms with E-state index in [4.69, 9.17) is 25.8 Å². The van der Waals surface area contributed by atoms with Crippen molar-refractivity contribution in [3.05, 3.63) is 57.9 Å². The maximum absolute atomic E-state index is 15.2. The highest BCUT2D eigenvalue weighted by atomic mass is 35.5. The molecule has 33 heavy (non-hydrogen) atoms. The second-order valence-corrected chi connectivity index (χ2v) is 9.16. The fraction of sp³-hybridized carbons (Fsp3) is 0.444. The van der Waals surface area contributed by atoms with Crippen molar-refractivity contribution < 1.29 is 23.4 Å². The third-order valence-corrected chi connectivity index (χ3v) is 5.50. The zero-order valence-electron chi connectivity index (χ0n) is 20.8. The van der Waals surface area contributed by atoms with Crippen LogP contribution in [-0.4, -0.2) is 24.8 Å². The summed E-state index contributed by atoms with van der Waals surface area (Å²) >= 11 is 6.77. The van der Waals surface area contributed by atoms with Gasteiger partial charge in [-0.1, -0.05) is 31.5 Å². The molecule has 1 heterocycles. The summed E-state index contributed by atoms with van der Waals surface area (Å²) in [6, 6.07) is 1.89. The third kappa shape index (κ3) is 6.50. The Hall–Kier alpha value is -2.53. The van der Waals surface area contributed by atoms with E-state index in [1.807, 2.05) is 26.8 Å². The van der Waals surface area contributed by atoms with Gasteiger partial charge in [-0.15, -0.1) is 0 Å². The molecule has 0 radical (unpaired) electrons. The van der Waals surface area contributed by atoms with E-state index in [9.17, 15) is 4.79 Å². The Balaban J connectivity index is 2.61. The Morgan fingerprint density at radius 1 is 1.21 bits per heavy atom. The summed E-state index contributed by atoms with van der Waals surface area (Å²) in [6.45, 7) is 15.8. The molecule has 0 aromatic heterocycles. The quantitative estimate of drug-likeness (QED) is 0.219. The van der Waals surface area contributed by atoms with Gasteiger partial charge in [-0.3, -0.25) is 0 Å². The molecule has 6 heteroatoms. The van der Waals surface area contributed by atoms with Crippen LogP contribution >= 0.6 is 11.6 Å². The molecule has 2 rings (SSSR count). The first kappa shape index (κ1) is 26.7. The minimum atomic E-state index is -0.525. The SMILES string of the molecule is CCOC(=O)/C=C(C)/C=C/C(F)=C(/C)c1cc2c(c(Cl)c1OCC)OC(C)(C)C=C2C(C)C. The summed E-state index contributed by atoms with van der Waals surface area (Å²) < 4.78 is 32.1. The van der Waals surface area contributed by atoms with Crippen LogP contribution in [0.3, 0.4) is 0 Å². The number of carbonyl (C=O) groups excluding carboxylic acids is 1. The summed E-state index contributed by atoms with van der Waals surface area (Å²) in [5.41, 5.74) is 2.90. The molecule has 0 saturated carbocycles. The smallest absolute Gasteiger partial charge is 0.330 e. The average molecular weight is 477 g/mol. The van der Waals surface area contributed by atoms with Crippen LogP contribution in [0.1, 0.15) is 66.5 Å². The third-order valence-electron chi connectivity index (χ3n) is 5.15. The van der Waals surface area contributed by atoms with Gasteiger partial charge in [0.1, 0.15) is 22.2 Å². The van der Waals surface area contributed by atoms with Crippen molar-refractivity contribution in [2.75, 3.05) is 13.2 Å². The topological polar surface area (TPSA) is 44.8 Å². The normalized spacial score (nSPS) is 16.2. The van der Waals surface area contributed by atoms with Crippen LogP contribution in [0.4, 0.5) is 4.39 Å². The molecule has 0 bridgehead atoms. The Labute approximate surface area is 201 Å². The van der Waals surface area contributed by atoms with Gasteiger partial charge in [0, 0.05) is 17.2 Å². The Morgan fingerprint density at radius 3 is 2.45 bits per heavy atom. The van der Waals surface area contributed by atoms with Gasteiger partial charge in [0.15, 0.2) is 5.75 Å². The fourth-order valence-corrected chi connectivity index (χ4v) is 3.89. The van der Waals surface area contributed by atoms with Crippen LogP contribution in [0.2, 0.25) is 5.02 Å². The summed E-state index contributed by atoms with van der Waals surface area (Å²) in [7, 11) is 0. The van der Waals surface area contributed by atoms with Crippen molar-refractivity contribution >= 4 is 28.7 Å². The zero-order chi connectivity index (χ0) is 24.9. The van der Waals surface area contributed by atoms with Gasteiger partial charge in [-0.25, -0.2) is 9.18 Å². The van der Waals surface area contributed by atoms with Crippen molar-refractivity contribution in [1.29, 1.82) is 0 Å². The molecule has 0 N–H and O–H groups in total. The first-order chi connectivity index (χ1) is 15.4. The number of rotatable bonds is 8. The van der Waals surface area contributed by atoms with Gasteiger partial charge in [0.2, 0.25) is 0 Å². The lowest BCUT2D eigenvalue weighted by Crippen LogP contribution is -2.30.